The van der Waals surface area contributed by atoms with Gasteiger partial charge >= 0.3 is 11.9 Å². The molecule has 4 rings (SSSR count). The number of carboxylic acid groups (broad SMARTS) is 1. The number of esters is 1. The van der Waals surface area contributed by atoms with Crippen LogP contribution >= 0.6 is 0 Å². The van der Waals surface area contributed by atoms with Crippen LogP contribution in [0.5, 0.6) is 11.5 Å². The second-order valence-electron chi connectivity index (χ2n) is 10.9. The van der Waals surface area contributed by atoms with Gasteiger partial charge in [0.25, 0.3) is 0 Å². The maximum atomic E-state index is 14.3. The molecule has 0 saturated carbocycles. The van der Waals surface area contributed by atoms with Crippen molar-refractivity contribution in [1.29, 1.82) is 0 Å². The van der Waals surface area contributed by atoms with Crippen molar-refractivity contribution in [2.75, 3.05) is 13.3 Å². The summed E-state index contributed by atoms with van der Waals surface area (Å²) in [7, 11) is 0. The molecule has 0 aromatic heterocycles. The van der Waals surface area contributed by atoms with Crippen LogP contribution in [0.1, 0.15) is 43.5 Å². The number of aliphatic carboxylic acids is 1. The number of Topliss-reactive ketones (excluding diaryl/α,β-unsaturated/α-hetero) is 1. The molecule has 1 heterocycles. The standard InChI is InChI=1S/C32H36N2O7/c1-32(2,3)41-31(38)25(16-21-10-6-4-7-11-21)34-24(17-22-14-15-26-27(18-22)40-20-39-26)30(37)29(33-19-28(35)36)23-12-8-5-9-13-23/h4-15,18,24-25,29,33-34H,16-17,19-20H2,1-3H3,(H,35,36)/t24-,25?,29?/m0/s1. The summed E-state index contributed by atoms with van der Waals surface area (Å²) in [6.45, 7) is 5.08. The summed E-state index contributed by atoms with van der Waals surface area (Å²) in [5.74, 6) is -0.693. The first-order valence-electron chi connectivity index (χ1n) is 13.5. The van der Waals surface area contributed by atoms with Crippen molar-refractivity contribution in [3.8, 4) is 11.5 Å². The molecule has 0 saturated heterocycles. The lowest BCUT2D eigenvalue weighted by Gasteiger charge is -2.30. The van der Waals surface area contributed by atoms with Crippen LogP contribution in [-0.2, 0) is 32.0 Å². The fraction of sp³-hybridized carbons (Fsp3) is 0.344. The van der Waals surface area contributed by atoms with Gasteiger partial charge < -0.3 is 19.3 Å². The van der Waals surface area contributed by atoms with Gasteiger partial charge in [-0.25, -0.2) is 0 Å². The molecule has 0 spiro atoms. The van der Waals surface area contributed by atoms with Gasteiger partial charge in [-0.2, -0.15) is 0 Å². The van der Waals surface area contributed by atoms with Crippen molar-refractivity contribution in [3.05, 3.63) is 95.6 Å². The van der Waals surface area contributed by atoms with Crippen LogP contribution in [0.3, 0.4) is 0 Å². The number of benzene rings is 3. The Balaban J connectivity index is 1.69. The van der Waals surface area contributed by atoms with Gasteiger partial charge in [0.2, 0.25) is 6.79 Å². The molecule has 41 heavy (non-hydrogen) atoms. The fourth-order valence-corrected chi connectivity index (χ4v) is 4.64. The highest BCUT2D eigenvalue weighted by molar-refractivity contribution is 5.91. The third-order valence-electron chi connectivity index (χ3n) is 6.47. The lowest BCUT2D eigenvalue weighted by molar-refractivity contribution is -0.157. The highest BCUT2D eigenvalue weighted by atomic mass is 16.7. The topological polar surface area (TPSA) is 123 Å². The molecular weight excluding hydrogens is 524 g/mol. The minimum atomic E-state index is -1.09. The van der Waals surface area contributed by atoms with Crippen LogP contribution in [0.4, 0.5) is 0 Å². The number of rotatable bonds is 13. The molecule has 1 aliphatic heterocycles. The quantitative estimate of drug-likeness (QED) is 0.268. The molecule has 9 nitrogen and oxygen atoms in total. The maximum absolute atomic E-state index is 14.3. The van der Waals surface area contributed by atoms with E-state index in [4.69, 9.17) is 14.2 Å². The predicted molar refractivity (Wildman–Crippen MR) is 153 cm³/mol. The zero-order chi connectivity index (χ0) is 29.4. The molecule has 3 atom stereocenters. The van der Waals surface area contributed by atoms with Crippen LogP contribution in [0.25, 0.3) is 0 Å². The van der Waals surface area contributed by atoms with Crippen LogP contribution in [0.2, 0.25) is 0 Å². The number of fused-ring (bicyclic) bond motifs is 1. The molecule has 3 aromatic carbocycles. The Kier molecular flexibility index (Phi) is 9.75. The molecule has 1 aliphatic rings. The Labute approximate surface area is 239 Å². The van der Waals surface area contributed by atoms with Crippen molar-refractivity contribution >= 4 is 17.7 Å². The van der Waals surface area contributed by atoms with Gasteiger partial charge in [-0.3, -0.25) is 25.0 Å². The van der Waals surface area contributed by atoms with E-state index in [0.29, 0.717) is 23.5 Å². The number of nitrogens with one attached hydrogen (secondary N) is 2. The monoisotopic (exact) mass is 560 g/mol. The van der Waals surface area contributed by atoms with Gasteiger partial charge in [0.1, 0.15) is 11.6 Å². The SMILES string of the molecule is CC(C)(C)OC(=O)C(Cc1ccccc1)N[C@@H](Cc1ccc2c(c1)OCO2)C(=O)C(NCC(=O)O)c1ccccc1. The van der Waals surface area contributed by atoms with Gasteiger partial charge in [0, 0.05) is 0 Å². The van der Waals surface area contributed by atoms with Gasteiger partial charge in [-0.15, -0.1) is 0 Å². The Bertz CT molecular complexity index is 1340. The lowest BCUT2D eigenvalue weighted by Crippen LogP contribution is -2.53. The van der Waals surface area contributed by atoms with E-state index in [9.17, 15) is 19.5 Å². The summed E-state index contributed by atoms with van der Waals surface area (Å²) in [6, 6.07) is 21.2. The molecule has 2 unspecified atom stereocenters. The Morgan fingerprint density at radius 3 is 2.15 bits per heavy atom. The highest BCUT2D eigenvalue weighted by Gasteiger charge is 2.34. The summed E-state index contributed by atoms with van der Waals surface area (Å²) in [5.41, 5.74) is 1.56. The number of carbonyl (C=O) groups excluding carboxylic acids is 2. The number of ether oxygens (including phenoxy) is 3. The van der Waals surface area contributed by atoms with E-state index in [2.05, 4.69) is 10.6 Å². The largest absolute Gasteiger partial charge is 0.480 e. The zero-order valence-electron chi connectivity index (χ0n) is 23.5. The highest BCUT2D eigenvalue weighted by Crippen LogP contribution is 2.33. The summed E-state index contributed by atoms with van der Waals surface area (Å²) < 4.78 is 16.7. The van der Waals surface area contributed by atoms with Crippen LogP contribution in [-0.4, -0.2) is 53.9 Å². The Morgan fingerprint density at radius 2 is 1.49 bits per heavy atom. The summed E-state index contributed by atoms with van der Waals surface area (Å²) in [6.07, 6.45) is 0.501. The number of hydrogen-bond acceptors (Lipinski definition) is 8. The van der Waals surface area contributed by atoms with Crippen molar-refractivity contribution in [2.24, 2.45) is 0 Å². The molecule has 9 heteroatoms. The van der Waals surface area contributed by atoms with E-state index < -0.39 is 42.2 Å². The van der Waals surface area contributed by atoms with Crippen LogP contribution in [0.15, 0.2) is 78.9 Å². The van der Waals surface area contributed by atoms with Crippen molar-refractivity contribution in [3.63, 3.8) is 0 Å². The van der Waals surface area contributed by atoms with Gasteiger partial charge in [0.15, 0.2) is 17.3 Å². The summed E-state index contributed by atoms with van der Waals surface area (Å²) in [5, 5.41) is 15.5. The van der Waals surface area contributed by atoms with Gasteiger partial charge in [-0.05, 0) is 62.4 Å². The molecule has 0 aliphatic carbocycles. The molecule has 3 N–H and O–H groups in total. The first-order valence-corrected chi connectivity index (χ1v) is 13.5. The zero-order valence-corrected chi connectivity index (χ0v) is 23.5. The number of carboxylic acids is 1. The first kappa shape index (κ1) is 29.8. The minimum Gasteiger partial charge on any atom is -0.480 e. The lowest BCUT2D eigenvalue weighted by atomic mass is 9.92. The van der Waals surface area contributed by atoms with Gasteiger partial charge in [-0.1, -0.05) is 66.7 Å². The van der Waals surface area contributed by atoms with Crippen molar-refractivity contribution in [2.45, 2.75) is 57.3 Å². The van der Waals surface area contributed by atoms with E-state index >= 15 is 0 Å². The predicted octanol–water partition coefficient (Wildman–Crippen LogP) is 3.85. The van der Waals surface area contributed by atoms with Crippen LogP contribution < -0.4 is 20.1 Å². The smallest absolute Gasteiger partial charge is 0.324 e. The average Bonchev–Trinajstić information content (AvgIpc) is 3.40. The second kappa shape index (κ2) is 13.4. The van der Waals surface area contributed by atoms with E-state index in [0.717, 1.165) is 11.1 Å². The molecular formula is C32H36N2O7. The van der Waals surface area contributed by atoms with Crippen molar-refractivity contribution in [1.82, 2.24) is 10.6 Å². The van der Waals surface area contributed by atoms with E-state index in [1.807, 2.05) is 48.5 Å². The van der Waals surface area contributed by atoms with Crippen molar-refractivity contribution < 1.29 is 33.7 Å². The minimum absolute atomic E-state index is 0.117. The molecule has 0 radical (unpaired) electrons. The summed E-state index contributed by atoms with van der Waals surface area (Å²) in [4.78, 5) is 39.2. The molecule has 0 fully saturated rings. The van der Waals surface area contributed by atoms with E-state index in [1.54, 1.807) is 51.1 Å². The molecule has 216 valence electrons. The van der Waals surface area contributed by atoms with Gasteiger partial charge in [0.05, 0.1) is 18.6 Å². The van der Waals surface area contributed by atoms with E-state index in [1.165, 1.54) is 0 Å². The molecule has 3 aromatic rings. The number of hydrogen-bond donors (Lipinski definition) is 3. The van der Waals surface area contributed by atoms with E-state index in [-0.39, 0.29) is 19.0 Å². The normalized spacial score (nSPS) is 14.6. The van der Waals surface area contributed by atoms with Crippen LogP contribution in [0, 0.1) is 0 Å². The Hall–Kier alpha value is -4.21. The number of carbonyl (C=O) groups is 3. The fourth-order valence-electron chi connectivity index (χ4n) is 4.64. The maximum Gasteiger partial charge on any atom is 0.324 e. The average molecular weight is 561 g/mol. The Morgan fingerprint density at radius 1 is 0.854 bits per heavy atom. The molecule has 0 amide bonds. The third kappa shape index (κ3) is 8.64. The number of ketones is 1. The third-order valence-corrected chi connectivity index (χ3v) is 6.47. The summed E-state index contributed by atoms with van der Waals surface area (Å²) >= 11 is 0. The second-order valence-corrected chi connectivity index (χ2v) is 10.9. The first-order chi connectivity index (χ1) is 19.6. The molecule has 0 bridgehead atoms.